The fraction of sp³-hybridized carbons (Fsp3) is 0.212. The molecule has 1 fully saturated rings. The average molecular weight is 455 g/mol. The molecule has 0 radical (unpaired) electrons. The number of thiophene rings is 1. The minimum Gasteiger partial charge on any atom is -0.136 e. The summed E-state index contributed by atoms with van der Waals surface area (Å²) in [5, 5.41) is 9.76. The highest BCUT2D eigenvalue weighted by molar-refractivity contribution is 7.20. The first kappa shape index (κ1) is 19.2. The van der Waals surface area contributed by atoms with E-state index in [0.29, 0.717) is 0 Å². The van der Waals surface area contributed by atoms with Crippen molar-refractivity contribution >= 4 is 59.8 Å². The van der Waals surface area contributed by atoms with Crippen LogP contribution in [0.15, 0.2) is 72.3 Å². The normalized spacial score (nSPS) is 18.0. The van der Waals surface area contributed by atoms with Crippen molar-refractivity contribution < 1.29 is 0 Å². The summed E-state index contributed by atoms with van der Waals surface area (Å²) in [6, 6.07) is 25.6. The van der Waals surface area contributed by atoms with Crippen LogP contribution in [0.3, 0.4) is 0 Å². The van der Waals surface area contributed by atoms with E-state index in [-0.39, 0.29) is 0 Å². The van der Waals surface area contributed by atoms with Crippen LogP contribution in [0.4, 0.5) is 0 Å². The summed E-state index contributed by atoms with van der Waals surface area (Å²) in [5.74, 6) is 0.776. The molecule has 1 atom stereocenters. The fourth-order valence-corrected chi connectivity index (χ4v) is 8.02. The molecule has 2 aliphatic rings. The van der Waals surface area contributed by atoms with Crippen molar-refractivity contribution in [3.8, 4) is 11.1 Å². The Morgan fingerprint density at radius 1 is 0.794 bits per heavy atom. The average Bonchev–Trinajstić information content (AvgIpc) is 3.23. The van der Waals surface area contributed by atoms with Gasteiger partial charge in [-0.15, -0.1) is 11.3 Å². The van der Waals surface area contributed by atoms with Crippen LogP contribution in [0.5, 0.6) is 0 Å². The summed E-state index contributed by atoms with van der Waals surface area (Å²) < 4.78 is 1.44. The lowest BCUT2D eigenvalue weighted by Gasteiger charge is -2.28. The maximum absolute atomic E-state index is 2.55. The molecule has 0 amide bonds. The third kappa shape index (κ3) is 2.59. The number of aryl methyl sites for hydroxylation is 1. The van der Waals surface area contributed by atoms with E-state index in [2.05, 4.69) is 79.7 Å². The second-order valence-corrected chi connectivity index (χ2v) is 11.5. The summed E-state index contributed by atoms with van der Waals surface area (Å²) in [6.07, 6.45) is 9.24. The molecule has 2 aliphatic carbocycles. The van der Waals surface area contributed by atoms with E-state index in [0.717, 1.165) is 5.92 Å². The largest absolute Gasteiger partial charge is 0.136 e. The molecule has 0 saturated heterocycles. The van der Waals surface area contributed by atoms with Gasteiger partial charge in [0, 0.05) is 9.58 Å². The van der Waals surface area contributed by atoms with E-state index in [4.69, 9.17) is 0 Å². The molecule has 6 aromatic rings. The lowest BCUT2D eigenvalue weighted by Crippen LogP contribution is -2.15. The molecule has 0 aliphatic heterocycles. The molecule has 8 rings (SSSR count). The molecule has 164 valence electrons. The third-order valence-electron chi connectivity index (χ3n) is 8.55. The Morgan fingerprint density at radius 3 is 2.68 bits per heavy atom. The predicted molar refractivity (Wildman–Crippen MR) is 149 cm³/mol. The molecular formula is C33H26S. The summed E-state index contributed by atoms with van der Waals surface area (Å²) >= 11 is 2.00. The SMILES string of the molecule is Cc1ccc2c(-c3ccc4sc5c(c4c3)CC3CCCCC3=C5)cc3cccc4ccc1c2c43. The first-order valence-electron chi connectivity index (χ1n) is 12.7. The van der Waals surface area contributed by atoms with Crippen LogP contribution in [0.25, 0.3) is 59.6 Å². The van der Waals surface area contributed by atoms with Crippen molar-refractivity contribution in [3.63, 3.8) is 0 Å². The zero-order valence-electron chi connectivity index (χ0n) is 19.4. The standard InChI is InChI=1S/C33H26S/c1-19-9-12-26-27(17-24-8-4-7-20-10-13-25(19)33(26)32(20)24)23-11-14-30-28(16-23)29-15-21-5-2-3-6-22(21)18-31(29)34-30/h4,7-14,16-18,21H,2-3,5-6,15H2,1H3. The molecule has 1 unspecified atom stereocenters. The van der Waals surface area contributed by atoms with Gasteiger partial charge in [-0.3, -0.25) is 0 Å². The number of fused-ring (bicyclic) bond motifs is 4. The minimum absolute atomic E-state index is 0.776. The lowest BCUT2D eigenvalue weighted by molar-refractivity contribution is 0.451. The Bertz CT molecular complexity index is 1800. The molecule has 34 heavy (non-hydrogen) atoms. The summed E-state index contributed by atoms with van der Waals surface area (Å²) in [4.78, 5) is 1.52. The van der Waals surface area contributed by atoms with E-state index < -0.39 is 0 Å². The fourth-order valence-electron chi connectivity index (χ4n) is 6.82. The van der Waals surface area contributed by atoms with Crippen LogP contribution in [0.1, 0.15) is 41.7 Å². The van der Waals surface area contributed by atoms with Crippen LogP contribution in [-0.2, 0) is 6.42 Å². The molecule has 0 nitrogen and oxygen atoms in total. The van der Waals surface area contributed by atoms with Crippen LogP contribution in [-0.4, -0.2) is 0 Å². The first-order valence-corrected chi connectivity index (χ1v) is 13.5. The predicted octanol–water partition coefficient (Wildman–Crippen LogP) is 9.90. The van der Waals surface area contributed by atoms with Gasteiger partial charge in [0.2, 0.25) is 0 Å². The maximum Gasteiger partial charge on any atom is 0.0352 e. The maximum atomic E-state index is 2.55. The topological polar surface area (TPSA) is 0 Å². The first-order chi connectivity index (χ1) is 16.7. The lowest BCUT2D eigenvalue weighted by atomic mass is 9.77. The number of hydrogen-bond donors (Lipinski definition) is 0. The van der Waals surface area contributed by atoms with Gasteiger partial charge in [0.15, 0.2) is 0 Å². The van der Waals surface area contributed by atoms with Crippen LogP contribution >= 0.6 is 11.3 Å². The molecule has 0 N–H and O–H groups in total. The van der Waals surface area contributed by atoms with Crippen LogP contribution < -0.4 is 0 Å². The van der Waals surface area contributed by atoms with Crippen molar-refractivity contribution in [1.29, 1.82) is 0 Å². The molecule has 1 aromatic heterocycles. The Hall–Kier alpha value is -3.16. The summed E-state index contributed by atoms with van der Waals surface area (Å²) in [5.41, 5.74) is 7.39. The van der Waals surface area contributed by atoms with Gasteiger partial charge in [-0.05, 0) is 123 Å². The van der Waals surface area contributed by atoms with Crippen LogP contribution in [0.2, 0.25) is 0 Å². The van der Waals surface area contributed by atoms with Crippen molar-refractivity contribution in [2.24, 2.45) is 5.92 Å². The smallest absolute Gasteiger partial charge is 0.0352 e. The number of benzene rings is 5. The van der Waals surface area contributed by atoms with Gasteiger partial charge in [-0.2, -0.15) is 0 Å². The number of allylic oxidation sites excluding steroid dienone is 1. The van der Waals surface area contributed by atoms with Gasteiger partial charge in [0.1, 0.15) is 0 Å². The summed E-state index contributed by atoms with van der Waals surface area (Å²) in [7, 11) is 0. The Labute approximate surface area is 203 Å². The van der Waals surface area contributed by atoms with E-state index in [1.807, 2.05) is 11.3 Å². The van der Waals surface area contributed by atoms with Gasteiger partial charge < -0.3 is 0 Å². The Kier molecular flexibility index (Phi) is 3.91. The zero-order valence-corrected chi connectivity index (χ0v) is 20.3. The van der Waals surface area contributed by atoms with E-state index >= 15 is 0 Å². The summed E-state index contributed by atoms with van der Waals surface area (Å²) in [6.45, 7) is 2.24. The van der Waals surface area contributed by atoms with E-state index in [1.165, 1.54) is 96.1 Å². The molecular weight excluding hydrogens is 428 g/mol. The van der Waals surface area contributed by atoms with E-state index in [1.54, 1.807) is 11.1 Å². The monoisotopic (exact) mass is 454 g/mol. The highest BCUT2D eigenvalue weighted by atomic mass is 32.1. The second kappa shape index (κ2) is 6.93. The molecule has 1 heteroatoms. The van der Waals surface area contributed by atoms with Crippen molar-refractivity contribution in [2.45, 2.75) is 39.0 Å². The Morgan fingerprint density at radius 2 is 1.71 bits per heavy atom. The quantitative estimate of drug-likeness (QED) is 0.217. The number of hydrogen-bond acceptors (Lipinski definition) is 1. The number of rotatable bonds is 1. The third-order valence-corrected chi connectivity index (χ3v) is 9.71. The van der Waals surface area contributed by atoms with Gasteiger partial charge in [-0.1, -0.05) is 60.5 Å². The van der Waals surface area contributed by atoms with Crippen molar-refractivity contribution in [1.82, 2.24) is 0 Å². The van der Waals surface area contributed by atoms with E-state index in [9.17, 15) is 0 Å². The Balaban J connectivity index is 1.40. The van der Waals surface area contributed by atoms with Crippen molar-refractivity contribution in [3.05, 3.63) is 88.3 Å². The van der Waals surface area contributed by atoms with Crippen molar-refractivity contribution in [2.75, 3.05) is 0 Å². The zero-order chi connectivity index (χ0) is 22.4. The molecule has 0 spiro atoms. The van der Waals surface area contributed by atoms with Crippen LogP contribution in [0, 0.1) is 12.8 Å². The van der Waals surface area contributed by atoms with Gasteiger partial charge in [0.05, 0.1) is 0 Å². The molecule has 1 saturated carbocycles. The van der Waals surface area contributed by atoms with Gasteiger partial charge in [0.25, 0.3) is 0 Å². The molecule has 5 aromatic carbocycles. The highest BCUT2D eigenvalue weighted by Gasteiger charge is 2.27. The van der Waals surface area contributed by atoms with Gasteiger partial charge in [-0.25, -0.2) is 0 Å². The highest BCUT2D eigenvalue weighted by Crippen LogP contribution is 2.46. The van der Waals surface area contributed by atoms with Gasteiger partial charge >= 0.3 is 0 Å². The second-order valence-electron chi connectivity index (χ2n) is 10.4. The minimum atomic E-state index is 0.776. The molecule has 0 bridgehead atoms. The molecule has 1 heterocycles.